The molecular weight excluding hydrogens is 431 g/mol. The molecule has 1 saturated heterocycles. The van der Waals surface area contributed by atoms with Gasteiger partial charge in [0.2, 0.25) is 0 Å². The first kappa shape index (κ1) is 21.6. The number of nitrogens with zero attached hydrogens (tertiary/aromatic N) is 3. The Kier molecular flexibility index (Phi) is 5.40. The molecule has 0 bridgehead atoms. The molecule has 170 valence electrons. The Hall–Kier alpha value is -3.26. The Balaban J connectivity index is 1.60. The second kappa shape index (κ2) is 8.26. The largest absolute Gasteiger partial charge is 0.351 e. The molecule has 1 amide bonds. The average molecular weight is 453 g/mol. The fraction of sp³-hybridized carbons (Fsp3) is 0.320. The van der Waals surface area contributed by atoms with Crippen molar-refractivity contribution in [2.75, 3.05) is 4.90 Å². The Morgan fingerprint density at radius 2 is 1.85 bits per heavy atom. The molecule has 2 aliphatic rings. The molecule has 1 aliphatic heterocycles. The molecule has 2 aromatic heterocycles. The third-order valence-corrected chi connectivity index (χ3v) is 6.28. The number of hydrogen-bond donors (Lipinski definition) is 0. The molecule has 3 heterocycles. The summed E-state index contributed by atoms with van der Waals surface area (Å²) in [6.07, 6.45) is 6.96. The minimum absolute atomic E-state index is 0.100. The van der Waals surface area contributed by atoms with Crippen LogP contribution in [0.1, 0.15) is 48.2 Å². The summed E-state index contributed by atoms with van der Waals surface area (Å²) in [5, 5.41) is 0. The van der Waals surface area contributed by atoms with Crippen molar-refractivity contribution in [3.05, 3.63) is 77.5 Å². The Morgan fingerprint density at radius 3 is 2.52 bits per heavy atom. The van der Waals surface area contributed by atoms with E-state index in [0.29, 0.717) is 12.1 Å². The first-order chi connectivity index (χ1) is 15.9. The highest BCUT2D eigenvalue weighted by Crippen LogP contribution is 2.49. The van der Waals surface area contributed by atoms with Crippen LogP contribution >= 0.6 is 0 Å². The molecule has 1 atom stereocenters. The van der Waals surface area contributed by atoms with E-state index in [1.165, 1.54) is 17.9 Å². The third kappa shape index (κ3) is 3.99. The van der Waals surface area contributed by atoms with Gasteiger partial charge in [-0.1, -0.05) is 6.07 Å². The van der Waals surface area contributed by atoms with E-state index in [-0.39, 0.29) is 16.9 Å². The number of aromatic nitrogens is 2. The summed E-state index contributed by atoms with van der Waals surface area (Å²) in [6, 6.07) is 7.74. The van der Waals surface area contributed by atoms with Crippen molar-refractivity contribution in [1.29, 1.82) is 0 Å². The summed E-state index contributed by atoms with van der Waals surface area (Å²) in [5.74, 6) is -3.37. The molecule has 3 aromatic rings. The van der Waals surface area contributed by atoms with Gasteiger partial charge in [0.05, 0.1) is 23.0 Å². The lowest BCUT2D eigenvalue weighted by atomic mass is 10.0. The molecule has 0 N–H and O–H groups in total. The second-order valence-corrected chi connectivity index (χ2v) is 8.62. The van der Waals surface area contributed by atoms with Crippen LogP contribution in [0.4, 0.5) is 18.9 Å². The van der Waals surface area contributed by atoms with Crippen molar-refractivity contribution in [3.8, 4) is 11.3 Å². The number of carbonyl (C=O) groups is 1. The van der Waals surface area contributed by atoms with Gasteiger partial charge in [0.25, 0.3) is 5.91 Å². The van der Waals surface area contributed by atoms with E-state index in [0.717, 1.165) is 43.9 Å². The minimum atomic E-state index is -0.959. The highest BCUT2D eigenvalue weighted by atomic mass is 19.1. The number of halogens is 3. The molecule has 8 heteroatoms. The van der Waals surface area contributed by atoms with Gasteiger partial charge in [-0.15, -0.1) is 0 Å². The Morgan fingerprint density at radius 1 is 1.09 bits per heavy atom. The van der Waals surface area contributed by atoms with E-state index in [1.807, 2.05) is 0 Å². The smallest absolute Gasteiger partial charge is 0.279 e. The summed E-state index contributed by atoms with van der Waals surface area (Å²) in [6.45, 7) is 1.54. The van der Waals surface area contributed by atoms with Gasteiger partial charge in [-0.25, -0.2) is 18.2 Å². The molecule has 1 unspecified atom stereocenters. The van der Waals surface area contributed by atoms with Crippen LogP contribution in [0.2, 0.25) is 0 Å². The van der Waals surface area contributed by atoms with Crippen molar-refractivity contribution in [3.63, 3.8) is 0 Å². The maximum atomic E-state index is 14.8. The standard InChI is InChI=1S/C25H22F3N3O2/c1-15-13-19(28)23(21-17(26)6-2-7-18(21)27)30-22(15)24(32)31(16-5-4-12-29-14-16)20-8-3-9-25(33-20)10-11-25/h2,4-7,12-14,20H,3,8-11H2,1H3. The number of rotatable bonds is 4. The molecule has 0 radical (unpaired) electrons. The highest BCUT2D eigenvalue weighted by Gasteiger charge is 2.49. The van der Waals surface area contributed by atoms with Crippen LogP contribution in [-0.4, -0.2) is 27.7 Å². The maximum Gasteiger partial charge on any atom is 0.279 e. The number of aryl methyl sites for hydroxylation is 1. The predicted molar refractivity (Wildman–Crippen MR) is 116 cm³/mol. The van der Waals surface area contributed by atoms with E-state index in [2.05, 4.69) is 9.97 Å². The number of hydrogen-bond acceptors (Lipinski definition) is 4. The summed E-state index contributed by atoms with van der Waals surface area (Å²) in [5.41, 5.74) is -0.692. The highest BCUT2D eigenvalue weighted by molar-refractivity contribution is 6.06. The average Bonchev–Trinajstić information content (AvgIpc) is 3.54. The molecule has 1 saturated carbocycles. The normalized spacial score (nSPS) is 18.8. The lowest BCUT2D eigenvalue weighted by molar-refractivity contribution is -0.0648. The number of ether oxygens (including phenoxy) is 1. The van der Waals surface area contributed by atoms with Gasteiger partial charge in [0.15, 0.2) is 0 Å². The van der Waals surface area contributed by atoms with Gasteiger partial charge < -0.3 is 4.74 Å². The molecule has 5 nitrogen and oxygen atoms in total. The van der Waals surface area contributed by atoms with Gasteiger partial charge in [0, 0.05) is 6.20 Å². The van der Waals surface area contributed by atoms with E-state index >= 15 is 0 Å². The maximum absolute atomic E-state index is 14.8. The fourth-order valence-corrected chi connectivity index (χ4v) is 4.42. The molecule has 1 aliphatic carbocycles. The van der Waals surface area contributed by atoms with E-state index in [9.17, 15) is 18.0 Å². The van der Waals surface area contributed by atoms with Crippen LogP contribution in [0.5, 0.6) is 0 Å². The number of amides is 1. The predicted octanol–water partition coefficient (Wildman–Crippen LogP) is 5.58. The van der Waals surface area contributed by atoms with Gasteiger partial charge in [-0.05, 0) is 74.9 Å². The first-order valence-corrected chi connectivity index (χ1v) is 10.9. The Bertz CT molecular complexity index is 1190. The zero-order valence-electron chi connectivity index (χ0n) is 18.0. The van der Waals surface area contributed by atoms with Crippen molar-refractivity contribution in [2.45, 2.75) is 50.9 Å². The van der Waals surface area contributed by atoms with Crippen molar-refractivity contribution in [2.24, 2.45) is 0 Å². The number of anilines is 1. The van der Waals surface area contributed by atoms with Crippen LogP contribution in [0.3, 0.4) is 0 Å². The van der Waals surface area contributed by atoms with E-state index in [1.54, 1.807) is 24.5 Å². The van der Waals surface area contributed by atoms with Crippen LogP contribution in [0.15, 0.2) is 48.8 Å². The number of pyridine rings is 2. The molecule has 2 fully saturated rings. The van der Waals surface area contributed by atoms with Gasteiger partial charge in [-0.3, -0.25) is 14.7 Å². The van der Waals surface area contributed by atoms with Gasteiger partial charge in [-0.2, -0.15) is 0 Å². The SMILES string of the molecule is Cc1cc(F)c(-c2c(F)cccc2F)nc1C(=O)N(c1cccnc1)C1CCCC2(CC2)O1. The van der Waals surface area contributed by atoms with Crippen molar-refractivity contribution in [1.82, 2.24) is 9.97 Å². The topological polar surface area (TPSA) is 55.3 Å². The fourth-order valence-electron chi connectivity index (χ4n) is 4.42. The van der Waals surface area contributed by atoms with Crippen LogP contribution < -0.4 is 4.90 Å². The number of carbonyl (C=O) groups excluding carboxylic acids is 1. The van der Waals surface area contributed by atoms with Crippen LogP contribution in [0, 0.1) is 24.4 Å². The minimum Gasteiger partial charge on any atom is -0.351 e. The summed E-state index contributed by atoms with van der Waals surface area (Å²) >= 11 is 0. The quantitative estimate of drug-likeness (QED) is 0.518. The monoisotopic (exact) mass is 453 g/mol. The van der Waals surface area contributed by atoms with E-state index in [4.69, 9.17) is 4.74 Å². The second-order valence-electron chi connectivity index (χ2n) is 8.62. The van der Waals surface area contributed by atoms with Crippen LogP contribution in [0.25, 0.3) is 11.3 Å². The third-order valence-electron chi connectivity index (χ3n) is 6.28. The Labute approximate surface area is 189 Å². The number of benzene rings is 1. The summed E-state index contributed by atoms with van der Waals surface area (Å²) in [7, 11) is 0. The lowest BCUT2D eigenvalue weighted by Gasteiger charge is -2.38. The zero-order chi connectivity index (χ0) is 23.2. The van der Waals surface area contributed by atoms with Crippen molar-refractivity contribution < 1.29 is 22.7 Å². The zero-order valence-corrected chi connectivity index (χ0v) is 18.0. The van der Waals surface area contributed by atoms with Gasteiger partial charge in [0.1, 0.15) is 35.1 Å². The molecule has 33 heavy (non-hydrogen) atoms. The van der Waals surface area contributed by atoms with Crippen molar-refractivity contribution >= 4 is 11.6 Å². The lowest BCUT2D eigenvalue weighted by Crippen LogP contribution is -2.47. The summed E-state index contributed by atoms with van der Waals surface area (Å²) in [4.78, 5) is 23.5. The van der Waals surface area contributed by atoms with E-state index < -0.39 is 40.8 Å². The first-order valence-electron chi connectivity index (χ1n) is 10.9. The molecule has 1 spiro atoms. The summed E-state index contributed by atoms with van der Waals surface area (Å²) < 4.78 is 49.9. The van der Waals surface area contributed by atoms with Crippen LogP contribution in [-0.2, 0) is 4.74 Å². The molecule has 1 aromatic carbocycles. The molecule has 5 rings (SSSR count). The molecular formula is C25H22F3N3O2. The van der Waals surface area contributed by atoms with Gasteiger partial charge >= 0.3 is 0 Å².